The van der Waals surface area contributed by atoms with Crippen molar-refractivity contribution < 1.29 is 0 Å². The fourth-order valence-electron chi connectivity index (χ4n) is 2.37. The maximum absolute atomic E-state index is 6.36. The van der Waals surface area contributed by atoms with Crippen LogP contribution in [0.3, 0.4) is 0 Å². The third-order valence-electron chi connectivity index (χ3n) is 3.33. The molecule has 2 aromatic heterocycles. The third kappa shape index (κ3) is 2.76. The molecule has 0 saturated heterocycles. The van der Waals surface area contributed by atoms with E-state index in [0.717, 1.165) is 44.3 Å². The van der Waals surface area contributed by atoms with Gasteiger partial charge in [-0.2, -0.15) is 5.10 Å². The summed E-state index contributed by atoms with van der Waals surface area (Å²) in [6.07, 6.45) is 1.98. The Morgan fingerprint density at radius 3 is 2.57 bits per heavy atom. The Hall–Kier alpha value is -1.59. The van der Waals surface area contributed by atoms with Crippen molar-refractivity contribution in [3.63, 3.8) is 0 Å². The van der Waals surface area contributed by atoms with Gasteiger partial charge in [-0.05, 0) is 46.6 Å². The number of nitrogen functional groups attached to an aromatic ring is 1. The van der Waals surface area contributed by atoms with E-state index in [1.165, 1.54) is 0 Å². The van der Waals surface area contributed by atoms with Gasteiger partial charge in [0.2, 0.25) is 0 Å². The van der Waals surface area contributed by atoms with Crippen LogP contribution in [0.5, 0.6) is 0 Å². The van der Waals surface area contributed by atoms with E-state index in [1.54, 1.807) is 11.3 Å². The lowest BCUT2D eigenvalue weighted by Crippen LogP contribution is -2.02. The van der Waals surface area contributed by atoms with Crippen LogP contribution in [-0.4, -0.2) is 9.78 Å². The zero-order valence-electron chi connectivity index (χ0n) is 11.7. The van der Waals surface area contributed by atoms with Gasteiger partial charge in [-0.3, -0.25) is 0 Å². The van der Waals surface area contributed by atoms with E-state index in [-0.39, 0.29) is 0 Å². The van der Waals surface area contributed by atoms with Crippen molar-refractivity contribution in [2.24, 2.45) is 0 Å². The number of rotatable bonds is 4. The molecule has 0 aliphatic carbocycles. The van der Waals surface area contributed by atoms with E-state index in [1.807, 2.05) is 41.1 Å². The predicted octanol–water partition coefficient (Wildman–Crippen LogP) is 4.90. The molecule has 3 nitrogen and oxygen atoms in total. The molecule has 0 saturated carbocycles. The maximum atomic E-state index is 6.36. The van der Waals surface area contributed by atoms with E-state index >= 15 is 0 Å². The summed E-state index contributed by atoms with van der Waals surface area (Å²) in [5, 5.41) is 4.76. The first kappa shape index (κ1) is 14.4. The zero-order valence-corrected chi connectivity index (χ0v) is 14.1. The van der Waals surface area contributed by atoms with Crippen LogP contribution in [0.15, 0.2) is 46.3 Å². The molecule has 3 aromatic rings. The van der Waals surface area contributed by atoms with E-state index < -0.39 is 0 Å². The van der Waals surface area contributed by atoms with Gasteiger partial charge in [0.15, 0.2) is 0 Å². The second-order valence-corrected chi connectivity index (χ2v) is 7.28. The van der Waals surface area contributed by atoms with Gasteiger partial charge in [0.1, 0.15) is 11.5 Å². The van der Waals surface area contributed by atoms with Crippen molar-refractivity contribution >= 4 is 33.1 Å². The summed E-state index contributed by atoms with van der Waals surface area (Å²) in [6.45, 7) is 2.16. The number of nitrogens with zero attached hydrogens (tertiary/aromatic N) is 2. The summed E-state index contributed by atoms with van der Waals surface area (Å²) in [7, 11) is 0. The summed E-state index contributed by atoms with van der Waals surface area (Å²) in [4.78, 5) is 1.15. The van der Waals surface area contributed by atoms with E-state index in [2.05, 4.69) is 28.9 Å². The summed E-state index contributed by atoms with van der Waals surface area (Å²) in [5.41, 5.74) is 9.48. The van der Waals surface area contributed by atoms with Crippen molar-refractivity contribution in [2.75, 3.05) is 5.73 Å². The van der Waals surface area contributed by atoms with Crippen LogP contribution in [0, 0.1) is 0 Å². The van der Waals surface area contributed by atoms with Gasteiger partial charge in [-0.15, -0.1) is 11.3 Å². The van der Waals surface area contributed by atoms with Gasteiger partial charge in [0.05, 0.1) is 14.4 Å². The molecular weight excluding hydrogens is 346 g/mol. The quantitative estimate of drug-likeness (QED) is 0.718. The molecule has 0 amide bonds. The Morgan fingerprint density at radius 2 is 1.95 bits per heavy atom. The van der Waals surface area contributed by atoms with Crippen molar-refractivity contribution in [1.82, 2.24) is 9.78 Å². The lowest BCUT2D eigenvalue weighted by Gasteiger charge is -2.04. The molecule has 3 rings (SSSR count). The van der Waals surface area contributed by atoms with Crippen LogP contribution in [0.2, 0.25) is 0 Å². The van der Waals surface area contributed by atoms with Crippen LogP contribution in [0.25, 0.3) is 16.3 Å². The molecule has 108 valence electrons. The van der Waals surface area contributed by atoms with Crippen molar-refractivity contribution in [1.29, 1.82) is 0 Å². The molecule has 0 spiro atoms. The second-order valence-electron chi connectivity index (χ2n) is 4.81. The van der Waals surface area contributed by atoms with Gasteiger partial charge < -0.3 is 5.73 Å². The third-order valence-corrected chi connectivity index (χ3v) is 4.96. The second kappa shape index (κ2) is 6.03. The van der Waals surface area contributed by atoms with Crippen molar-refractivity contribution in [2.45, 2.75) is 19.8 Å². The molecule has 2 heterocycles. The van der Waals surface area contributed by atoms with Crippen molar-refractivity contribution in [3.8, 4) is 16.3 Å². The number of benzene rings is 1. The monoisotopic (exact) mass is 361 g/mol. The number of hydrogen-bond donors (Lipinski definition) is 1. The lowest BCUT2D eigenvalue weighted by atomic mass is 10.1. The molecule has 2 N–H and O–H groups in total. The fourth-order valence-corrected chi connectivity index (χ4v) is 3.76. The average molecular weight is 362 g/mol. The lowest BCUT2D eigenvalue weighted by molar-refractivity contribution is 0.893. The highest BCUT2D eigenvalue weighted by atomic mass is 79.9. The largest absolute Gasteiger partial charge is 0.383 e. The summed E-state index contributed by atoms with van der Waals surface area (Å²) >= 11 is 5.20. The number of aromatic nitrogens is 2. The molecule has 0 radical (unpaired) electrons. The minimum absolute atomic E-state index is 0.738. The highest BCUT2D eigenvalue weighted by molar-refractivity contribution is 9.11. The summed E-state index contributed by atoms with van der Waals surface area (Å²) in [6, 6.07) is 14.2. The fraction of sp³-hybridized carbons (Fsp3) is 0.188. The Bertz CT molecular complexity index is 746. The molecule has 5 heteroatoms. The van der Waals surface area contributed by atoms with Gasteiger partial charge in [-0.1, -0.05) is 31.5 Å². The smallest absolute Gasteiger partial charge is 0.131 e. The highest BCUT2D eigenvalue weighted by Crippen LogP contribution is 2.36. The first-order chi connectivity index (χ1) is 10.2. The average Bonchev–Trinajstić information content (AvgIpc) is 3.06. The molecule has 0 fully saturated rings. The molecule has 0 atom stereocenters. The van der Waals surface area contributed by atoms with Crippen LogP contribution in [-0.2, 0) is 6.42 Å². The van der Waals surface area contributed by atoms with E-state index in [4.69, 9.17) is 10.8 Å². The Balaban J connectivity index is 2.16. The number of nitrogens with two attached hydrogens (primary N) is 1. The normalized spacial score (nSPS) is 11.0. The zero-order chi connectivity index (χ0) is 14.8. The molecule has 0 bridgehead atoms. The van der Waals surface area contributed by atoms with Crippen LogP contribution < -0.4 is 5.73 Å². The number of halogens is 1. The molecule has 0 aliphatic rings. The number of anilines is 1. The molecule has 0 aliphatic heterocycles. The molecular formula is C16H16BrN3S. The SMILES string of the molecule is CCCc1c(-c2ccc(Br)s2)nn(-c2ccccc2)c1N. The van der Waals surface area contributed by atoms with E-state index in [0.29, 0.717) is 0 Å². The summed E-state index contributed by atoms with van der Waals surface area (Å²) < 4.78 is 2.95. The maximum Gasteiger partial charge on any atom is 0.131 e. The van der Waals surface area contributed by atoms with E-state index in [9.17, 15) is 0 Å². The minimum Gasteiger partial charge on any atom is -0.383 e. The number of hydrogen-bond acceptors (Lipinski definition) is 3. The van der Waals surface area contributed by atoms with Gasteiger partial charge in [-0.25, -0.2) is 4.68 Å². The highest BCUT2D eigenvalue weighted by Gasteiger charge is 2.18. The molecule has 0 unspecified atom stereocenters. The Morgan fingerprint density at radius 1 is 1.19 bits per heavy atom. The summed E-state index contributed by atoms with van der Waals surface area (Å²) in [5.74, 6) is 0.738. The van der Waals surface area contributed by atoms with Gasteiger partial charge >= 0.3 is 0 Å². The van der Waals surface area contributed by atoms with Crippen LogP contribution in [0.4, 0.5) is 5.82 Å². The van der Waals surface area contributed by atoms with Gasteiger partial charge in [0, 0.05) is 5.56 Å². The first-order valence-electron chi connectivity index (χ1n) is 6.89. The predicted molar refractivity (Wildman–Crippen MR) is 93.0 cm³/mol. The standard InChI is InChI=1S/C16H16BrN3S/c1-2-6-12-15(13-9-10-14(17)21-13)19-20(16(12)18)11-7-4-3-5-8-11/h3-5,7-10H,2,6,18H2,1H3. The number of para-hydroxylation sites is 1. The molecule has 1 aromatic carbocycles. The molecule has 21 heavy (non-hydrogen) atoms. The first-order valence-corrected chi connectivity index (χ1v) is 8.50. The van der Waals surface area contributed by atoms with Gasteiger partial charge in [0.25, 0.3) is 0 Å². The Kier molecular flexibility index (Phi) is 4.12. The topological polar surface area (TPSA) is 43.8 Å². The van der Waals surface area contributed by atoms with Crippen molar-refractivity contribution in [3.05, 3.63) is 51.8 Å². The minimum atomic E-state index is 0.738. The number of thiophene rings is 1. The van der Waals surface area contributed by atoms with Crippen LogP contribution in [0.1, 0.15) is 18.9 Å². The van der Waals surface area contributed by atoms with Crippen LogP contribution >= 0.6 is 27.3 Å². The Labute approximate surface area is 136 Å².